The van der Waals surface area contributed by atoms with Gasteiger partial charge in [0.25, 0.3) is 0 Å². The van der Waals surface area contributed by atoms with E-state index in [0.29, 0.717) is 5.02 Å². The predicted molar refractivity (Wildman–Crippen MR) is 57.9 cm³/mol. The second kappa shape index (κ2) is 4.21. The summed E-state index contributed by atoms with van der Waals surface area (Å²) < 4.78 is 4.74. The molecule has 0 amide bonds. The number of hydrogen-bond donors (Lipinski definition) is 1. The van der Waals surface area contributed by atoms with E-state index in [-0.39, 0.29) is 12.0 Å². The third kappa shape index (κ3) is 1.98. The van der Waals surface area contributed by atoms with Crippen LogP contribution in [0.1, 0.15) is 17.2 Å². The maximum Gasteiger partial charge on any atom is 0.327 e. The van der Waals surface area contributed by atoms with E-state index in [9.17, 15) is 4.79 Å². The molecule has 0 spiro atoms. The van der Waals surface area contributed by atoms with Gasteiger partial charge in [-0.1, -0.05) is 17.7 Å². The molecule has 4 heteroatoms. The first-order valence-corrected chi connectivity index (χ1v) is 5.19. The molecule has 3 nitrogen and oxygen atoms in total. The number of fused-ring (bicyclic) bond motifs is 1. The average Bonchev–Trinajstić information content (AvgIpc) is 2.27. The normalized spacial score (nSPS) is 19.5. The van der Waals surface area contributed by atoms with Crippen molar-refractivity contribution in [2.75, 3.05) is 13.7 Å². The third-order valence-corrected chi connectivity index (χ3v) is 2.83. The monoisotopic (exact) mass is 225 g/mol. The largest absolute Gasteiger partial charge is 0.468 e. The lowest BCUT2D eigenvalue weighted by molar-refractivity contribution is -0.143. The summed E-state index contributed by atoms with van der Waals surface area (Å²) in [4.78, 5) is 11.5. The number of nitrogens with one attached hydrogen (secondary N) is 1. The van der Waals surface area contributed by atoms with Crippen LogP contribution in [0.4, 0.5) is 0 Å². The Bertz CT molecular complexity index is 392. The summed E-state index contributed by atoms with van der Waals surface area (Å²) in [5.74, 6) is -0.266. The fourth-order valence-corrected chi connectivity index (χ4v) is 2.03. The van der Waals surface area contributed by atoms with E-state index in [1.54, 1.807) is 0 Å². The van der Waals surface area contributed by atoms with Gasteiger partial charge in [0.15, 0.2) is 0 Å². The van der Waals surface area contributed by atoms with Crippen LogP contribution in [-0.2, 0) is 16.0 Å². The molecule has 1 unspecified atom stereocenters. The summed E-state index contributed by atoms with van der Waals surface area (Å²) in [6, 6.07) is 5.26. The first-order valence-electron chi connectivity index (χ1n) is 4.82. The van der Waals surface area contributed by atoms with Gasteiger partial charge in [-0.25, -0.2) is 4.79 Å². The SMILES string of the molecule is COC(=O)C1NCCc2ccc(Cl)cc21. The van der Waals surface area contributed by atoms with Gasteiger partial charge in [-0.05, 0) is 29.7 Å². The molecular weight excluding hydrogens is 214 g/mol. The third-order valence-electron chi connectivity index (χ3n) is 2.60. The number of hydrogen-bond acceptors (Lipinski definition) is 3. The minimum atomic E-state index is -0.377. The van der Waals surface area contributed by atoms with Crippen molar-refractivity contribution in [2.24, 2.45) is 0 Å². The fraction of sp³-hybridized carbons (Fsp3) is 0.364. The Hall–Kier alpha value is -1.06. The van der Waals surface area contributed by atoms with Crippen LogP contribution in [0.25, 0.3) is 0 Å². The fourth-order valence-electron chi connectivity index (χ4n) is 1.85. The first kappa shape index (κ1) is 10.5. The highest BCUT2D eigenvalue weighted by Gasteiger charge is 2.26. The van der Waals surface area contributed by atoms with Crippen molar-refractivity contribution >= 4 is 17.6 Å². The summed E-state index contributed by atoms with van der Waals surface area (Å²) in [6.45, 7) is 0.786. The van der Waals surface area contributed by atoms with Crippen molar-refractivity contribution in [1.29, 1.82) is 0 Å². The van der Waals surface area contributed by atoms with Gasteiger partial charge in [-0.15, -0.1) is 0 Å². The number of halogens is 1. The molecule has 0 bridgehead atoms. The average molecular weight is 226 g/mol. The van der Waals surface area contributed by atoms with Gasteiger partial charge in [0, 0.05) is 11.6 Å². The molecule has 2 rings (SSSR count). The van der Waals surface area contributed by atoms with Crippen molar-refractivity contribution < 1.29 is 9.53 Å². The Morgan fingerprint density at radius 2 is 2.40 bits per heavy atom. The van der Waals surface area contributed by atoms with Gasteiger partial charge in [0.2, 0.25) is 0 Å². The summed E-state index contributed by atoms with van der Waals surface area (Å²) >= 11 is 5.91. The Labute approximate surface area is 93.4 Å². The van der Waals surface area contributed by atoms with Gasteiger partial charge >= 0.3 is 5.97 Å². The molecule has 1 aliphatic heterocycles. The number of rotatable bonds is 1. The quantitative estimate of drug-likeness (QED) is 0.740. The molecule has 1 aromatic carbocycles. The van der Waals surface area contributed by atoms with Crippen LogP contribution in [0, 0.1) is 0 Å². The maximum absolute atomic E-state index is 11.5. The van der Waals surface area contributed by atoms with Crippen molar-refractivity contribution in [2.45, 2.75) is 12.5 Å². The molecule has 1 heterocycles. The predicted octanol–water partition coefficient (Wildman–Crippen LogP) is 1.70. The van der Waals surface area contributed by atoms with E-state index < -0.39 is 0 Å². The van der Waals surface area contributed by atoms with Gasteiger partial charge < -0.3 is 10.1 Å². The van der Waals surface area contributed by atoms with E-state index in [1.165, 1.54) is 7.11 Å². The van der Waals surface area contributed by atoms with E-state index in [2.05, 4.69) is 5.32 Å². The molecule has 0 saturated heterocycles. The molecule has 0 saturated carbocycles. The zero-order valence-electron chi connectivity index (χ0n) is 8.42. The lowest BCUT2D eigenvalue weighted by Gasteiger charge is -2.24. The molecule has 1 N–H and O–H groups in total. The van der Waals surface area contributed by atoms with Crippen LogP contribution >= 0.6 is 11.6 Å². The lowest BCUT2D eigenvalue weighted by atomic mass is 9.94. The number of ether oxygens (including phenoxy) is 1. The van der Waals surface area contributed by atoms with Crippen LogP contribution < -0.4 is 5.32 Å². The molecule has 1 atom stereocenters. The van der Waals surface area contributed by atoms with Crippen LogP contribution in [0.2, 0.25) is 5.02 Å². The minimum Gasteiger partial charge on any atom is -0.468 e. The zero-order valence-corrected chi connectivity index (χ0v) is 9.17. The molecule has 1 aliphatic rings. The molecule has 0 radical (unpaired) electrons. The second-order valence-electron chi connectivity index (χ2n) is 3.50. The number of carbonyl (C=O) groups is 1. The lowest BCUT2D eigenvalue weighted by Crippen LogP contribution is -2.35. The molecular formula is C11H12ClNO2. The van der Waals surface area contributed by atoms with E-state index in [0.717, 1.165) is 24.1 Å². The molecule has 1 aromatic rings. The molecule has 0 aliphatic carbocycles. The van der Waals surface area contributed by atoms with E-state index >= 15 is 0 Å². The van der Waals surface area contributed by atoms with Gasteiger partial charge in [-0.3, -0.25) is 0 Å². The van der Waals surface area contributed by atoms with Crippen LogP contribution in [0.15, 0.2) is 18.2 Å². The molecule has 0 fully saturated rings. The summed E-state index contributed by atoms with van der Waals surface area (Å²) in [6.07, 6.45) is 0.917. The maximum atomic E-state index is 11.5. The molecule has 80 valence electrons. The van der Waals surface area contributed by atoms with Gasteiger partial charge in [-0.2, -0.15) is 0 Å². The van der Waals surface area contributed by atoms with Crippen LogP contribution in [0.3, 0.4) is 0 Å². The van der Waals surface area contributed by atoms with Crippen molar-refractivity contribution in [3.63, 3.8) is 0 Å². The van der Waals surface area contributed by atoms with Crippen molar-refractivity contribution in [3.8, 4) is 0 Å². The Morgan fingerprint density at radius 1 is 1.60 bits per heavy atom. The van der Waals surface area contributed by atoms with Gasteiger partial charge in [0.05, 0.1) is 7.11 Å². The zero-order chi connectivity index (χ0) is 10.8. The standard InChI is InChI=1S/C11H12ClNO2/c1-15-11(14)10-9-6-8(12)3-2-7(9)4-5-13-10/h2-3,6,10,13H,4-5H2,1H3. The summed E-state index contributed by atoms with van der Waals surface area (Å²) in [5.41, 5.74) is 2.09. The topological polar surface area (TPSA) is 38.3 Å². The first-order chi connectivity index (χ1) is 7.22. The van der Waals surface area contributed by atoms with Crippen LogP contribution in [0.5, 0.6) is 0 Å². The second-order valence-corrected chi connectivity index (χ2v) is 3.94. The number of methoxy groups -OCH3 is 1. The summed E-state index contributed by atoms with van der Waals surface area (Å²) in [7, 11) is 1.39. The Morgan fingerprint density at radius 3 is 3.13 bits per heavy atom. The van der Waals surface area contributed by atoms with Gasteiger partial charge in [0.1, 0.15) is 6.04 Å². The Kier molecular flexibility index (Phi) is 2.93. The summed E-state index contributed by atoms with van der Waals surface area (Å²) in [5, 5.41) is 3.76. The highest BCUT2D eigenvalue weighted by molar-refractivity contribution is 6.30. The number of esters is 1. The highest BCUT2D eigenvalue weighted by atomic mass is 35.5. The molecule has 15 heavy (non-hydrogen) atoms. The molecule has 0 aromatic heterocycles. The number of benzene rings is 1. The number of carbonyl (C=O) groups excluding carboxylic acids is 1. The van der Waals surface area contributed by atoms with E-state index in [4.69, 9.17) is 16.3 Å². The smallest absolute Gasteiger partial charge is 0.327 e. The van der Waals surface area contributed by atoms with E-state index in [1.807, 2.05) is 18.2 Å². The van der Waals surface area contributed by atoms with Crippen LogP contribution in [-0.4, -0.2) is 19.6 Å². The highest BCUT2D eigenvalue weighted by Crippen LogP contribution is 2.26. The van der Waals surface area contributed by atoms with Crippen molar-refractivity contribution in [3.05, 3.63) is 34.3 Å². The minimum absolute atomic E-state index is 0.266. The van der Waals surface area contributed by atoms with Crippen molar-refractivity contribution in [1.82, 2.24) is 5.32 Å². The Balaban J connectivity index is 2.40.